The molecule has 0 fully saturated rings. The zero-order chi connectivity index (χ0) is 17.9. The third-order valence-electron chi connectivity index (χ3n) is 3.62. The maximum atomic E-state index is 12.6. The highest BCUT2D eigenvalue weighted by atomic mass is 32.2. The normalized spacial score (nSPS) is 11.3. The van der Waals surface area contributed by atoms with E-state index in [0.717, 1.165) is 5.56 Å². The van der Waals surface area contributed by atoms with E-state index in [-0.39, 0.29) is 4.90 Å². The molecule has 0 amide bonds. The molecule has 0 bridgehead atoms. The highest BCUT2D eigenvalue weighted by Crippen LogP contribution is 2.31. The van der Waals surface area contributed by atoms with Gasteiger partial charge in [0.05, 0.1) is 11.9 Å². The van der Waals surface area contributed by atoms with Gasteiger partial charge in [-0.3, -0.25) is 9.40 Å². The van der Waals surface area contributed by atoms with Crippen molar-refractivity contribution in [3.8, 4) is 11.5 Å². The lowest BCUT2D eigenvalue weighted by molar-refractivity contribution is 0.484. The molecule has 130 valence electrons. The van der Waals surface area contributed by atoms with Crippen LogP contribution in [0.25, 0.3) is 0 Å². The smallest absolute Gasteiger partial charge is 0.265 e. The first kappa shape index (κ1) is 17.0. The predicted molar refractivity (Wildman–Crippen MR) is 96.4 cm³/mol. The Morgan fingerprint density at radius 2 is 1.84 bits per heavy atom. The maximum absolute atomic E-state index is 12.6. The first-order valence-electron chi connectivity index (χ1n) is 7.87. The molecule has 1 N–H and O–H groups in total. The molecule has 7 heteroatoms. The van der Waals surface area contributed by atoms with Crippen molar-refractivity contribution in [3.63, 3.8) is 0 Å². The molecule has 0 spiro atoms. The standard InChI is InChI=1S/C18H19N3O3S/c1-3-21-13-16(12-19-21)25(22,23)20-17-6-4-5-7-18(17)24-15-10-8-14(2)9-11-15/h4-13,20H,3H2,1-2H3. The lowest BCUT2D eigenvalue weighted by Gasteiger charge is -2.13. The van der Waals surface area contributed by atoms with Crippen LogP contribution >= 0.6 is 0 Å². The molecule has 6 nitrogen and oxygen atoms in total. The van der Waals surface area contributed by atoms with Gasteiger partial charge in [-0.05, 0) is 38.1 Å². The number of aromatic nitrogens is 2. The Morgan fingerprint density at radius 3 is 2.52 bits per heavy atom. The number of ether oxygens (including phenoxy) is 1. The van der Waals surface area contributed by atoms with E-state index in [1.165, 1.54) is 12.4 Å². The molecule has 3 rings (SSSR count). The zero-order valence-corrected chi connectivity index (χ0v) is 14.8. The molecule has 3 aromatic rings. The van der Waals surface area contributed by atoms with Gasteiger partial charge in [0, 0.05) is 12.7 Å². The average Bonchev–Trinajstić information content (AvgIpc) is 3.09. The molecule has 0 atom stereocenters. The molecule has 0 aliphatic heterocycles. The van der Waals surface area contributed by atoms with E-state index in [9.17, 15) is 8.42 Å². The highest BCUT2D eigenvalue weighted by molar-refractivity contribution is 7.92. The third kappa shape index (κ3) is 4.00. The van der Waals surface area contributed by atoms with Gasteiger partial charge in [0.25, 0.3) is 10.0 Å². The number of nitrogens with zero attached hydrogens (tertiary/aromatic N) is 2. The third-order valence-corrected chi connectivity index (χ3v) is 4.94. The molecule has 1 heterocycles. The summed E-state index contributed by atoms with van der Waals surface area (Å²) in [5.41, 5.74) is 1.49. The first-order valence-corrected chi connectivity index (χ1v) is 9.35. The Kier molecular flexibility index (Phi) is 4.76. The minimum Gasteiger partial charge on any atom is -0.455 e. The van der Waals surface area contributed by atoms with E-state index in [1.54, 1.807) is 28.9 Å². The van der Waals surface area contributed by atoms with Crippen molar-refractivity contribution in [3.05, 3.63) is 66.5 Å². The summed E-state index contributed by atoms with van der Waals surface area (Å²) in [5, 5.41) is 4.01. The van der Waals surface area contributed by atoms with Crippen molar-refractivity contribution in [1.82, 2.24) is 9.78 Å². The van der Waals surface area contributed by atoms with Crippen LogP contribution in [0.1, 0.15) is 12.5 Å². The van der Waals surface area contributed by atoms with Crippen LogP contribution in [0, 0.1) is 6.92 Å². The van der Waals surface area contributed by atoms with Crippen molar-refractivity contribution in [1.29, 1.82) is 0 Å². The summed E-state index contributed by atoms with van der Waals surface area (Å²) in [6.07, 6.45) is 2.82. The van der Waals surface area contributed by atoms with Gasteiger partial charge in [0.1, 0.15) is 10.6 Å². The second kappa shape index (κ2) is 6.98. The summed E-state index contributed by atoms with van der Waals surface area (Å²) in [6.45, 7) is 4.48. The second-order valence-corrected chi connectivity index (χ2v) is 7.23. The largest absolute Gasteiger partial charge is 0.455 e. The highest BCUT2D eigenvalue weighted by Gasteiger charge is 2.18. The molecular formula is C18H19N3O3S. The van der Waals surface area contributed by atoms with Gasteiger partial charge >= 0.3 is 0 Å². The van der Waals surface area contributed by atoms with E-state index in [1.807, 2.05) is 38.1 Å². The monoisotopic (exact) mass is 357 g/mol. The van der Waals surface area contributed by atoms with Crippen LogP contribution in [0.2, 0.25) is 0 Å². The quantitative estimate of drug-likeness (QED) is 0.728. The van der Waals surface area contributed by atoms with Gasteiger partial charge in [-0.1, -0.05) is 29.8 Å². The zero-order valence-electron chi connectivity index (χ0n) is 14.0. The fraction of sp³-hybridized carbons (Fsp3) is 0.167. The van der Waals surface area contributed by atoms with Crippen molar-refractivity contribution >= 4 is 15.7 Å². The molecule has 0 unspecified atom stereocenters. The van der Waals surface area contributed by atoms with Crippen LogP contribution in [0.3, 0.4) is 0 Å². The van der Waals surface area contributed by atoms with Crippen molar-refractivity contribution < 1.29 is 13.2 Å². The predicted octanol–water partition coefficient (Wildman–Crippen LogP) is 3.80. The Labute approximate surface area is 147 Å². The molecule has 0 aliphatic rings. The minimum atomic E-state index is -3.74. The van der Waals surface area contributed by atoms with Gasteiger partial charge in [-0.25, -0.2) is 8.42 Å². The van der Waals surface area contributed by atoms with Crippen LogP contribution in [-0.2, 0) is 16.6 Å². The Bertz CT molecular complexity index is 963. The molecule has 0 radical (unpaired) electrons. The maximum Gasteiger partial charge on any atom is 0.265 e. The summed E-state index contributed by atoms with van der Waals surface area (Å²) in [6, 6.07) is 14.4. The summed E-state index contributed by atoms with van der Waals surface area (Å²) in [5.74, 6) is 1.06. The lowest BCUT2D eigenvalue weighted by atomic mass is 10.2. The van der Waals surface area contributed by atoms with Gasteiger partial charge in [0.15, 0.2) is 5.75 Å². The Balaban J connectivity index is 1.86. The molecule has 0 aliphatic carbocycles. The van der Waals surface area contributed by atoms with Crippen LogP contribution < -0.4 is 9.46 Å². The second-order valence-electron chi connectivity index (χ2n) is 5.55. The minimum absolute atomic E-state index is 0.111. The SMILES string of the molecule is CCn1cc(S(=O)(=O)Nc2ccccc2Oc2ccc(C)cc2)cn1. The van der Waals surface area contributed by atoms with Crippen LogP contribution in [-0.4, -0.2) is 18.2 Å². The van der Waals surface area contributed by atoms with Gasteiger partial charge < -0.3 is 4.74 Å². The van der Waals surface area contributed by atoms with Gasteiger partial charge in [0.2, 0.25) is 0 Å². The number of aryl methyl sites for hydroxylation is 2. The number of sulfonamides is 1. The van der Waals surface area contributed by atoms with Crippen molar-refractivity contribution in [2.45, 2.75) is 25.3 Å². The lowest BCUT2D eigenvalue weighted by Crippen LogP contribution is -2.13. The fourth-order valence-electron chi connectivity index (χ4n) is 2.23. The number of hydrogen-bond acceptors (Lipinski definition) is 4. The van der Waals surface area contributed by atoms with Crippen molar-refractivity contribution in [2.75, 3.05) is 4.72 Å². The molecule has 2 aromatic carbocycles. The summed E-state index contributed by atoms with van der Waals surface area (Å²) in [4.78, 5) is 0.111. The number of rotatable bonds is 6. The molecule has 0 saturated carbocycles. The van der Waals surface area contributed by atoms with E-state index in [0.29, 0.717) is 23.7 Å². The fourth-order valence-corrected chi connectivity index (χ4v) is 3.26. The van der Waals surface area contributed by atoms with E-state index in [2.05, 4.69) is 9.82 Å². The van der Waals surface area contributed by atoms with Crippen LogP contribution in [0.5, 0.6) is 11.5 Å². The van der Waals surface area contributed by atoms with Gasteiger partial charge in [-0.2, -0.15) is 5.10 Å². The molecular weight excluding hydrogens is 338 g/mol. The average molecular weight is 357 g/mol. The van der Waals surface area contributed by atoms with Crippen LogP contribution in [0.4, 0.5) is 5.69 Å². The number of para-hydroxylation sites is 2. The molecule has 0 saturated heterocycles. The first-order chi connectivity index (χ1) is 12.0. The van der Waals surface area contributed by atoms with E-state index >= 15 is 0 Å². The summed E-state index contributed by atoms with van der Waals surface area (Å²) in [7, 11) is -3.74. The number of hydrogen-bond donors (Lipinski definition) is 1. The van der Waals surface area contributed by atoms with Crippen molar-refractivity contribution in [2.24, 2.45) is 0 Å². The number of benzene rings is 2. The van der Waals surface area contributed by atoms with Crippen LogP contribution in [0.15, 0.2) is 65.8 Å². The Morgan fingerprint density at radius 1 is 1.12 bits per heavy atom. The number of nitrogens with one attached hydrogen (secondary N) is 1. The molecule has 1 aromatic heterocycles. The van der Waals surface area contributed by atoms with E-state index < -0.39 is 10.0 Å². The topological polar surface area (TPSA) is 73.2 Å². The molecule has 25 heavy (non-hydrogen) atoms. The summed E-state index contributed by atoms with van der Waals surface area (Å²) < 4.78 is 35.1. The Hall–Kier alpha value is -2.80. The van der Waals surface area contributed by atoms with E-state index in [4.69, 9.17) is 4.74 Å². The number of anilines is 1. The summed E-state index contributed by atoms with van der Waals surface area (Å²) >= 11 is 0. The van der Waals surface area contributed by atoms with Gasteiger partial charge in [-0.15, -0.1) is 0 Å².